The molecule has 0 fully saturated rings. The van der Waals surface area contributed by atoms with Crippen LogP contribution in [0.1, 0.15) is 10.4 Å². The molecule has 1 aromatic heterocycles. The van der Waals surface area contributed by atoms with Gasteiger partial charge in [0.15, 0.2) is 9.84 Å². The van der Waals surface area contributed by atoms with Crippen LogP contribution in [0.25, 0.3) is 22.3 Å². The number of aromatic nitrogens is 2. The van der Waals surface area contributed by atoms with Crippen LogP contribution in [0.15, 0.2) is 59.8 Å². The Labute approximate surface area is 138 Å². The molecule has 0 saturated heterocycles. The van der Waals surface area contributed by atoms with E-state index in [0.717, 1.165) is 11.8 Å². The summed E-state index contributed by atoms with van der Waals surface area (Å²) in [5, 5.41) is 16.0. The Bertz CT molecular complexity index is 992. The summed E-state index contributed by atoms with van der Waals surface area (Å²) >= 11 is 0. The van der Waals surface area contributed by atoms with Gasteiger partial charge in [-0.3, -0.25) is 5.10 Å². The highest BCUT2D eigenvalue weighted by molar-refractivity contribution is 7.90. The van der Waals surface area contributed by atoms with Crippen molar-refractivity contribution in [3.63, 3.8) is 0 Å². The smallest absolute Gasteiger partial charge is 0.336 e. The van der Waals surface area contributed by atoms with Gasteiger partial charge in [0.1, 0.15) is 0 Å². The fourth-order valence-electron chi connectivity index (χ4n) is 2.55. The number of carboxylic acid groups (broad SMARTS) is 1. The largest absolute Gasteiger partial charge is 0.478 e. The number of hydrogen-bond acceptors (Lipinski definition) is 4. The molecular formula is C17H14N2O4S. The minimum Gasteiger partial charge on any atom is -0.478 e. The second-order valence-corrected chi connectivity index (χ2v) is 7.33. The predicted octanol–water partition coefficient (Wildman–Crippen LogP) is 2.85. The number of H-pyrrole nitrogens is 1. The Morgan fingerprint density at radius 1 is 1.08 bits per heavy atom. The molecule has 7 heteroatoms. The van der Waals surface area contributed by atoms with Crippen molar-refractivity contribution in [2.45, 2.75) is 4.90 Å². The lowest BCUT2D eigenvalue weighted by Gasteiger charge is -2.12. The first-order valence-corrected chi connectivity index (χ1v) is 8.93. The van der Waals surface area contributed by atoms with Gasteiger partial charge in [0.05, 0.1) is 16.7 Å². The van der Waals surface area contributed by atoms with Gasteiger partial charge < -0.3 is 5.11 Å². The third-order valence-electron chi connectivity index (χ3n) is 3.68. The lowest BCUT2D eigenvalue weighted by Crippen LogP contribution is -2.01. The first kappa shape index (κ1) is 15.9. The fraction of sp³-hybridized carbons (Fsp3) is 0.0588. The Kier molecular flexibility index (Phi) is 3.94. The molecule has 0 aliphatic heterocycles. The van der Waals surface area contributed by atoms with Crippen LogP contribution in [0, 0.1) is 0 Å². The maximum atomic E-state index is 11.6. The maximum absolute atomic E-state index is 11.6. The van der Waals surface area contributed by atoms with E-state index in [4.69, 9.17) is 0 Å². The second kappa shape index (κ2) is 5.93. The predicted molar refractivity (Wildman–Crippen MR) is 89.5 cm³/mol. The van der Waals surface area contributed by atoms with Gasteiger partial charge in [-0.1, -0.05) is 24.3 Å². The first-order chi connectivity index (χ1) is 11.4. The van der Waals surface area contributed by atoms with Crippen molar-refractivity contribution in [3.05, 3.63) is 60.4 Å². The number of carbonyl (C=O) groups is 1. The van der Waals surface area contributed by atoms with Crippen LogP contribution in [0.5, 0.6) is 0 Å². The second-order valence-electron chi connectivity index (χ2n) is 5.32. The highest BCUT2D eigenvalue weighted by atomic mass is 32.2. The molecular weight excluding hydrogens is 328 g/mol. The van der Waals surface area contributed by atoms with E-state index < -0.39 is 15.8 Å². The van der Waals surface area contributed by atoms with Gasteiger partial charge in [-0.05, 0) is 29.3 Å². The standard InChI is InChI=1S/C17H14N2O4S/c1-24(22,23)13-7-5-11(6-8-13)14-3-2-4-15(17(20)21)16(14)12-9-18-19-10-12/h2-10H,1H3,(H,18,19)(H,20,21). The van der Waals surface area contributed by atoms with Gasteiger partial charge >= 0.3 is 5.97 Å². The molecule has 1 heterocycles. The molecule has 0 amide bonds. The van der Waals surface area contributed by atoms with Crippen LogP contribution in [-0.2, 0) is 9.84 Å². The van der Waals surface area contributed by atoms with E-state index in [1.165, 1.54) is 18.2 Å². The highest BCUT2D eigenvalue weighted by Gasteiger charge is 2.18. The minimum absolute atomic E-state index is 0.154. The van der Waals surface area contributed by atoms with E-state index in [-0.39, 0.29) is 10.5 Å². The summed E-state index contributed by atoms with van der Waals surface area (Å²) in [5.41, 5.74) is 2.75. The van der Waals surface area contributed by atoms with Crippen molar-refractivity contribution >= 4 is 15.8 Å². The van der Waals surface area contributed by atoms with Crippen LogP contribution in [0.4, 0.5) is 0 Å². The number of nitrogens with zero attached hydrogens (tertiary/aromatic N) is 1. The average molecular weight is 342 g/mol. The lowest BCUT2D eigenvalue weighted by atomic mass is 9.92. The summed E-state index contributed by atoms with van der Waals surface area (Å²) in [7, 11) is -3.29. The number of carboxylic acids is 1. The van der Waals surface area contributed by atoms with Gasteiger partial charge in [-0.2, -0.15) is 5.10 Å². The van der Waals surface area contributed by atoms with Crippen molar-refractivity contribution in [2.24, 2.45) is 0 Å². The number of benzene rings is 2. The van der Waals surface area contributed by atoms with Crippen LogP contribution >= 0.6 is 0 Å². The fourth-order valence-corrected chi connectivity index (χ4v) is 3.18. The third kappa shape index (κ3) is 2.93. The van der Waals surface area contributed by atoms with Crippen molar-refractivity contribution in [1.29, 1.82) is 0 Å². The maximum Gasteiger partial charge on any atom is 0.336 e. The van der Waals surface area contributed by atoms with E-state index in [1.54, 1.807) is 36.7 Å². The summed E-state index contributed by atoms with van der Waals surface area (Å²) in [6.07, 6.45) is 4.32. The average Bonchev–Trinajstić information content (AvgIpc) is 3.07. The summed E-state index contributed by atoms with van der Waals surface area (Å²) in [4.78, 5) is 11.8. The quantitative estimate of drug-likeness (QED) is 0.759. The SMILES string of the molecule is CS(=O)(=O)c1ccc(-c2cccc(C(=O)O)c2-c2cn[nH]c2)cc1. The lowest BCUT2D eigenvalue weighted by molar-refractivity contribution is 0.0697. The normalized spacial score (nSPS) is 11.4. The Balaban J connectivity index is 2.22. The molecule has 0 unspecified atom stereocenters. The molecule has 122 valence electrons. The van der Waals surface area contributed by atoms with Gasteiger partial charge in [0.25, 0.3) is 0 Å². The van der Waals surface area contributed by atoms with Crippen molar-refractivity contribution < 1.29 is 18.3 Å². The molecule has 6 nitrogen and oxygen atoms in total. The molecule has 0 atom stereocenters. The van der Waals surface area contributed by atoms with Crippen LogP contribution in [0.3, 0.4) is 0 Å². The molecule has 0 spiro atoms. The molecule has 24 heavy (non-hydrogen) atoms. The molecule has 2 N–H and O–H groups in total. The molecule has 0 bridgehead atoms. The minimum atomic E-state index is -3.29. The van der Waals surface area contributed by atoms with Crippen molar-refractivity contribution in [3.8, 4) is 22.3 Å². The number of rotatable bonds is 4. The summed E-state index contributed by atoms with van der Waals surface area (Å²) in [6.45, 7) is 0. The Morgan fingerprint density at radius 3 is 2.33 bits per heavy atom. The van der Waals surface area contributed by atoms with Crippen molar-refractivity contribution in [1.82, 2.24) is 10.2 Å². The van der Waals surface area contributed by atoms with Gasteiger partial charge in [-0.25, -0.2) is 13.2 Å². The van der Waals surface area contributed by atoms with Crippen LogP contribution in [-0.4, -0.2) is 35.9 Å². The van der Waals surface area contributed by atoms with E-state index in [1.807, 2.05) is 0 Å². The number of nitrogens with one attached hydrogen (secondary N) is 1. The molecule has 0 aliphatic rings. The molecule has 0 radical (unpaired) electrons. The van der Waals surface area contributed by atoms with Gasteiger partial charge in [0.2, 0.25) is 0 Å². The molecule has 3 aromatic rings. The Hall–Kier alpha value is -2.93. The topological polar surface area (TPSA) is 100 Å². The van der Waals surface area contributed by atoms with E-state index in [0.29, 0.717) is 16.7 Å². The Morgan fingerprint density at radius 2 is 1.79 bits per heavy atom. The van der Waals surface area contributed by atoms with Crippen LogP contribution < -0.4 is 0 Å². The number of aromatic amines is 1. The summed E-state index contributed by atoms with van der Waals surface area (Å²) in [6, 6.07) is 11.3. The van der Waals surface area contributed by atoms with Gasteiger partial charge in [-0.15, -0.1) is 0 Å². The molecule has 0 saturated carbocycles. The highest BCUT2D eigenvalue weighted by Crippen LogP contribution is 2.35. The van der Waals surface area contributed by atoms with Crippen molar-refractivity contribution in [2.75, 3.05) is 6.26 Å². The van der Waals surface area contributed by atoms with E-state index >= 15 is 0 Å². The summed E-state index contributed by atoms with van der Waals surface area (Å²) in [5.74, 6) is -1.04. The van der Waals surface area contributed by atoms with E-state index in [9.17, 15) is 18.3 Å². The molecule has 2 aromatic carbocycles. The number of sulfone groups is 1. The first-order valence-electron chi connectivity index (χ1n) is 7.04. The number of hydrogen-bond donors (Lipinski definition) is 2. The summed E-state index contributed by atoms with van der Waals surface area (Å²) < 4.78 is 23.2. The molecule has 3 rings (SSSR count). The third-order valence-corrected chi connectivity index (χ3v) is 4.80. The zero-order valence-corrected chi connectivity index (χ0v) is 13.5. The van der Waals surface area contributed by atoms with E-state index in [2.05, 4.69) is 10.2 Å². The van der Waals surface area contributed by atoms with Crippen LogP contribution in [0.2, 0.25) is 0 Å². The monoisotopic (exact) mass is 342 g/mol. The van der Waals surface area contributed by atoms with Gasteiger partial charge in [0, 0.05) is 23.6 Å². The zero-order valence-electron chi connectivity index (χ0n) is 12.7. The molecule has 0 aliphatic carbocycles. The zero-order chi connectivity index (χ0) is 17.3. The number of aromatic carboxylic acids is 1.